The summed E-state index contributed by atoms with van der Waals surface area (Å²) in [6, 6.07) is 0. The van der Waals surface area contributed by atoms with Gasteiger partial charge < -0.3 is 21.4 Å². The number of nitrogens with two attached hydrogens (primary N) is 1. The summed E-state index contributed by atoms with van der Waals surface area (Å²) >= 11 is 0. The van der Waals surface area contributed by atoms with E-state index in [2.05, 4.69) is 10.5 Å². The van der Waals surface area contributed by atoms with Crippen molar-refractivity contribution in [2.24, 2.45) is 10.9 Å². The van der Waals surface area contributed by atoms with E-state index >= 15 is 0 Å². The monoisotopic (exact) mass is 211 g/mol. The van der Waals surface area contributed by atoms with Crippen LogP contribution in [0.5, 0.6) is 0 Å². The molecule has 14 heavy (non-hydrogen) atoms. The number of hydrogen-bond donors (Lipinski definition) is 4. The SMILES string of the molecule is NC(CCCNCC(F)(F)CO)=NO. The fourth-order valence-electron chi connectivity index (χ4n) is 0.772. The van der Waals surface area contributed by atoms with E-state index in [0.29, 0.717) is 19.4 Å². The second-order valence-electron chi connectivity index (χ2n) is 2.89. The number of alkyl halides is 2. The molecule has 0 aromatic heterocycles. The van der Waals surface area contributed by atoms with Crippen LogP contribution in [0.2, 0.25) is 0 Å². The molecule has 0 aromatic carbocycles. The Kier molecular flexibility index (Phi) is 6.06. The van der Waals surface area contributed by atoms with Crippen LogP contribution in [0.25, 0.3) is 0 Å². The first-order valence-corrected chi connectivity index (χ1v) is 4.17. The zero-order valence-electron chi connectivity index (χ0n) is 7.71. The summed E-state index contributed by atoms with van der Waals surface area (Å²) in [5.74, 6) is -3.02. The van der Waals surface area contributed by atoms with Gasteiger partial charge in [-0.25, -0.2) is 8.78 Å². The average molecular weight is 211 g/mol. The standard InChI is InChI=1S/C7H15F2N3O2/c8-7(9,5-13)4-11-3-1-2-6(10)12-14/h11,13-14H,1-5H2,(H2,10,12). The maximum atomic E-state index is 12.4. The van der Waals surface area contributed by atoms with Gasteiger partial charge in [0.1, 0.15) is 12.4 Å². The van der Waals surface area contributed by atoms with Crippen molar-refractivity contribution in [1.29, 1.82) is 0 Å². The highest BCUT2D eigenvalue weighted by molar-refractivity contribution is 5.79. The van der Waals surface area contributed by atoms with Gasteiger partial charge in [0.25, 0.3) is 5.92 Å². The van der Waals surface area contributed by atoms with Gasteiger partial charge in [-0.1, -0.05) is 5.16 Å². The smallest absolute Gasteiger partial charge is 0.282 e. The Labute approximate surface area is 80.6 Å². The highest BCUT2D eigenvalue weighted by Gasteiger charge is 2.26. The summed E-state index contributed by atoms with van der Waals surface area (Å²) in [6.07, 6.45) is 0.839. The molecule has 0 radical (unpaired) electrons. The van der Waals surface area contributed by atoms with Gasteiger partial charge in [0.05, 0.1) is 6.54 Å². The Morgan fingerprint density at radius 2 is 2.14 bits per heavy atom. The molecule has 7 heteroatoms. The largest absolute Gasteiger partial charge is 0.409 e. The molecule has 0 rings (SSSR count). The average Bonchev–Trinajstić information content (AvgIpc) is 2.17. The van der Waals surface area contributed by atoms with Crippen molar-refractivity contribution in [1.82, 2.24) is 5.32 Å². The first kappa shape index (κ1) is 13.1. The van der Waals surface area contributed by atoms with E-state index < -0.39 is 19.1 Å². The Balaban J connectivity index is 3.39. The molecule has 0 aliphatic rings. The molecule has 0 saturated heterocycles. The topological polar surface area (TPSA) is 90.9 Å². The molecule has 0 fully saturated rings. The summed E-state index contributed by atoms with van der Waals surface area (Å²) < 4.78 is 24.8. The van der Waals surface area contributed by atoms with Crippen molar-refractivity contribution in [3.05, 3.63) is 0 Å². The number of hydrogen-bond acceptors (Lipinski definition) is 4. The third-order valence-corrected chi connectivity index (χ3v) is 1.53. The first-order valence-electron chi connectivity index (χ1n) is 4.17. The highest BCUT2D eigenvalue weighted by Crippen LogP contribution is 2.09. The van der Waals surface area contributed by atoms with Crippen molar-refractivity contribution >= 4 is 5.84 Å². The van der Waals surface area contributed by atoms with Crippen LogP contribution in [0.3, 0.4) is 0 Å². The molecule has 0 aromatic rings. The van der Waals surface area contributed by atoms with Crippen LogP contribution >= 0.6 is 0 Å². The van der Waals surface area contributed by atoms with Crippen LogP contribution in [-0.2, 0) is 0 Å². The van der Waals surface area contributed by atoms with Gasteiger partial charge in [-0.2, -0.15) is 0 Å². The number of aliphatic hydroxyl groups is 1. The number of aliphatic hydroxyl groups excluding tert-OH is 1. The first-order chi connectivity index (χ1) is 6.52. The molecule has 5 N–H and O–H groups in total. The van der Waals surface area contributed by atoms with Gasteiger partial charge in [-0.3, -0.25) is 0 Å². The fraction of sp³-hybridized carbons (Fsp3) is 0.857. The lowest BCUT2D eigenvalue weighted by molar-refractivity contribution is -0.0474. The van der Waals surface area contributed by atoms with Crippen LogP contribution in [-0.4, -0.2) is 41.8 Å². The van der Waals surface area contributed by atoms with Crippen molar-refractivity contribution in [3.8, 4) is 0 Å². The second kappa shape index (κ2) is 6.50. The Hall–Kier alpha value is -0.950. The van der Waals surface area contributed by atoms with Crippen LogP contribution < -0.4 is 11.1 Å². The number of amidine groups is 1. The van der Waals surface area contributed by atoms with Gasteiger partial charge >= 0.3 is 0 Å². The number of nitrogens with zero attached hydrogens (tertiary/aromatic N) is 1. The van der Waals surface area contributed by atoms with E-state index in [4.69, 9.17) is 16.0 Å². The van der Waals surface area contributed by atoms with Crippen LogP contribution in [0.15, 0.2) is 5.16 Å². The van der Waals surface area contributed by atoms with Crippen molar-refractivity contribution in [2.75, 3.05) is 19.7 Å². The molecule has 0 atom stereocenters. The van der Waals surface area contributed by atoms with E-state index in [1.165, 1.54) is 0 Å². The van der Waals surface area contributed by atoms with Gasteiger partial charge in [0.15, 0.2) is 0 Å². The second-order valence-corrected chi connectivity index (χ2v) is 2.89. The van der Waals surface area contributed by atoms with E-state index in [1.54, 1.807) is 0 Å². The zero-order valence-corrected chi connectivity index (χ0v) is 7.71. The molecule has 0 amide bonds. The van der Waals surface area contributed by atoms with E-state index in [9.17, 15) is 8.78 Å². The zero-order chi connectivity index (χ0) is 11.0. The Morgan fingerprint density at radius 3 is 2.64 bits per heavy atom. The molecule has 0 heterocycles. The highest BCUT2D eigenvalue weighted by atomic mass is 19.3. The number of halogens is 2. The summed E-state index contributed by atoms with van der Waals surface area (Å²) in [5, 5.41) is 21.5. The van der Waals surface area contributed by atoms with Gasteiger partial charge in [0, 0.05) is 6.42 Å². The van der Waals surface area contributed by atoms with Crippen LogP contribution in [0, 0.1) is 0 Å². The molecule has 0 spiro atoms. The lowest BCUT2D eigenvalue weighted by Crippen LogP contribution is -2.36. The number of nitrogens with one attached hydrogen (secondary N) is 1. The summed E-state index contributed by atoms with van der Waals surface area (Å²) in [5.41, 5.74) is 5.15. The Morgan fingerprint density at radius 1 is 1.50 bits per heavy atom. The molecule has 84 valence electrons. The van der Waals surface area contributed by atoms with Crippen molar-refractivity contribution < 1.29 is 19.1 Å². The predicted octanol–water partition coefficient (Wildman–Crippen LogP) is -0.270. The summed E-state index contributed by atoms with van der Waals surface area (Å²) in [7, 11) is 0. The maximum absolute atomic E-state index is 12.4. The lowest BCUT2D eigenvalue weighted by Gasteiger charge is -2.13. The minimum atomic E-state index is -3.09. The molecular weight excluding hydrogens is 196 g/mol. The van der Waals surface area contributed by atoms with Crippen molar-refractivity contribution in [2.45, 2.75) is 18.8 Å². The third kappa shape index (κ3) is 6.55. The van der Waals surface area contributed by atoms with E-state index in [-0.39, 0.29) is 5.84 Å². The molecule has 0 bridgehead atoms. The normalized spacial score (nSPS) is 13.2. The molecule has 0 unspecified atom stereocenters. The fourth-order valence-corrected chi connectivity index (χ4v) is 0.772. The van der Waals surface area contributed by atoms with E-state index in [1.807, 2.05) is 0 Å². The molecule has 5 nitrogen and oxygen atoms in total. The van der Waals surface area contributed by atoms with Crippen LogP contribution in [0.1, 0.15) is 12.8 Å². The van der Waals surface area contributed by atoms with Gasteiger partial charge in [-0.15, -0.1) is 0 Å². The molecule has 0 aliphatic heterocycles. The number of rotatable bonds is 7. The maximum Gasteiger partial charge on any atom is 0.282 e. The van der Waals surface area contributed by atoms with Crippen molar-refractivity contribution in [3.63, 3.8) is 0 Å². The Bertz CT molecular complexity index is 188. The lowest BCUT2D eigenvalue weighted by atomic mass is 10.3. The summed E-state index contributed by atoms with van der Waals surface area (Å²) in [4.78, 5) is 0. The van der Waals surface area contributed by atoms with Crippen LogP contribution in [0.4, 0.5) is 8.78 Å². The third-order valence-electron chi connectivity index (χ3n) is 1.53. The quantitative estimate of drug-likeness (QED) is 0.153. The minimum absolute atomic E-state index is 0.0701. The van der Waals surface area contributed by atoms with E-state index in [0.717, 1.165) is 0 Å². The molecule has 0 saturated carbocycles. The minimum Gasteiger partial charge on any atom is -0.409 e. The predicted molar refractivity (Wildman–Crippen MR) is 47.5 cm³/mol. The molecular formula is C7H15F2N3O2. The number of oxime groups is 1. The summed E-state index contributed by atoms with van der Waals surface area (Å²) in [6.45, 7) is -1.41. The van der Waals surface area contributed by atoms with Gasteiger partial charge in [0.2, 0.25) is 0 Å². The molecule has 0 aliphatic carbocycles. The van der Waals surface area contributed by atoms with Gasteiger partial charge in [-0.05, 0) is 13.0 Å².